The third-order valence-corrected chi connectivity index (χ3v) is 2.35. The highest BCUT2D eigenvalue weighted by Crippen LogP contribution is 2.06. The van der Waals surface area contributed by atoms with Crippen LogP contribution in [0.25, 0.3) is 5.65 Å². The molecule has 0 spiro atoms. The molecular weight excluding hydrogens is 223 g/mol. The van der Waals surface area contributed by atoms with Crippen molar-refractivity contribution in [1.82, 2.24) is 14.6 Å². The van der Waals surface area contributed by atoms with E-state index in [4.69, 9.17) is 4.74 Å². The normalized spacial score (nSPS) is 10.9. The number of fused-ring (bicyclic) bond motifs is 1. The van der Waals surface area contributed by atoms with Gasteiger partial charge in [-0.15, -0.1) is 5.10 Å². The van der Waals surface area contributed by atoms with E-state index in [1.165, 1.54) is 16.8 Å². The molecule has 92 valence electrons. The van der Waals surface area contributed by atoms with Crippen LogP contribution in [0.15, 0.2) is 18.3 Å². The molecule has 2 rings (SSSR count). The molecule has 1 N–H and O–H groups in total. The molecule has 0 aromatic carbocycles. The Kier molecular flexibility index (Phi) is 3.87. The molecule has 17 heavy (non-hydrogen) atoms. The van der Waals surface area contributed by atoms with Crippen molar-refractivity contribution in [1.29, 1.82) is 0 Å². The number of halogens is 1. The van der Waals surface area contributed by atoms with Gasteiger partial charge in [0, 0.05) is 20.3 Å². The number of unbranched alkanes of at least 4 members (excludes halogenated alkanes) is 1. The number of nitrogens with zero attached hydrogens (tertiary/aromatic N) is 3. The van der Waals surface area contributed by atoms with E-state index in [0.717, 1.165) is 26.0 Å². The van der Waals surface area contributed by atoms with Crippen LogP contribution < -0.4 is 5.32 Å². The standard InChI is InChI=1S/C11H15FN4O/c1-17-7-3-2-6-13-11-14-10-5-4-9(12)8-16(10)15-11/h4-5,8H,2-3,6-7H2,1H3,(H,13,15). The maximum Gasteiger partial charge on any atom is 0.243 e. The third kappa shape index (κ3) is 3.13. The lowest BCUT2D eigenvalue weighted by atomic mass is 10.3. The van der Waals surface area contributed by atoms with Crippen molar-refractivity contribution in [2.24, 2.45) is 0 Å². The van der Waals surface area contributed by atoms with Crippen molar-refractivity contribution in [2.75, 3.05) is 25.6 Å². The molecule has 0 amide bonds. The zero-order valence-corrected chi connectivity index (χ0v) is 9.69. The number of hydrogen-bond donors (Lipinski definition) is 1. The van der Waals surface area contributed by atoms with Gasteiger partial charge in [0.05, 0.1) is 6.20 Å². The number of rotatable bonds is 6. The van der Waals surface area contributed by atoms with E-state index < -0.39 is 0 Å². The first-order valence-electron chi connectivity index (χ1n) is 5.54. The summed E-state index contributed by atoms with van der Waals surface area (Å²) in [4.78, 5) is 4.21. The van der Waals surface area contributed by atoms with Crippen LogP contribution in [0, 0.1) is 5.82 Å². The number of pyridine rings is 1. The largest absolute Gasteiger partial charge is 0.385 e. The highest BCUT2D eigenvalue weighted by atomic mass is 19.1. The van der Waals surface area contributed by atoms with Gasteiger partial charge >= 0.3 is 0 Å². The molecule has 2 aromatic rings. The maximum absolute atomic E-state index is 12.9. The summed E-state index contributed by atoms with van der Waals surface area (Å²) in [6.07, 6.45) is 3.28. The van der Waals surface area contributed by atoms with Gasteiger partial charge in [-0.1, -0.05) is 0 Å². The summed E-state index contributed by atoms with van der Waals surface area (Å²) < 4.78 is 19.3. The van der Waals surface area contributed by atoms with Gasteiger partial charge in [0.2, 0.25) is 5.95 Å². The van der Waals surface area contributed by atoms with Crippen LogP contribution in [0.3, 0.4) is 0 Å². The maximum atomic E-state index is 12.9. The second kappa shape index (κ2) is 5.58. The molecule has 0 aliphatic rings. The summed E-state index contributed by atoms with van der Waals surface area (Å²) in [7, 11) is 1.69. The minimum Gasteiger partial charge on any atom is -0.385 e. The second-order valence-corrected chi connectivity index (χ2v) is 3.71. The van der Waals surface area contributed by atoms with Crippen molar-refractivity contribution in [2.45, 2.75) is 12.8 Å². The quantitative estimate of drug-likeness (QED) is 0.778. The van der Waals surface area contributed by atoms with Crippen molar-refractivity contribution >= 4 is 11.6 Å². The number of hydrogen-bond acceptors (Lipinski definition) is 4. The number of nitrogens with one attached hydrogen (secondary N) is 1. The lowest BCUT2D eigenvalue weighted by Crippen LogP contribution is -2.04. The molecule has 0 fully saturated rings. The number of aromatic nitrogens is 3. The van der Waals surface area contributed by atoms with Crippen LogP contribution in [0.1, 0.15) is 12.8 Å². The van der Waals surface area contributed by atoms with Gasteiger partial charge in [-0.2, -0.15) is 4.98 Å². The van der Waals surface area contributed by atoms with Crippen LogP contribution in [0.2, 0.25) is 0 Å². The summed E-state index contributed by atoms with van der Waals surface area (Å²) in [5.41, 5.74) is 0.630. The molecule has 5 nitrogen and oxygen atoms in total. The summed E-state index contributed by atoms with van der Waals surface area (Å²) >= 11 is 0. The highest BCUT2D eigenvalue weighted by Gasteiger charge is 2.02. The fourth-order valence-corrected chi connectivity index (χ4v) is 1.50. The van der Waals surface area contributed by atoms with Gasteiger partial charge in [-0.3, -0.25) is 0 Å². The SMILES string of the molecule is COCCCCNc1nc2ccc(F)cn2n1. The summed E-state index contributed by atoms with van der Waals surface area (Å²) in [5.74, 6) is 0.196. The Morgan fingerprint density at radius 2 is 2.29 bits per heavy atom. The fraction of sp³-hybridized carbons (Fsp3) is 0.455. The monoisotopic (exact) mass is 238 g/mol. The number of anilines is 1. The second-order valence-electron chi connectivity index (χ2n) is 3.71. The lowest BCUT2D eigenvalue weighted by molar-refractivity contribution is 0.193. The van der Waals surface area contributed by atoms with E-state index in [-0.39, 0.29) is 5.82 Å². The Bertz CT molecular complexity index is 485. The summed E-state index contributed by atoms with van der Waals surface area (Å²) in [5, 5.41) is 7.21. The minimum absolute atomic E-state index is 0.325. The van der Waals surface area contributed by atoms with Crippen LogP contribution >= 0.6 is 0 Å². The van der Waals surface area contributed by atoms with E-state index in [1.54, 1.807) is 13.2 Å². The van der Waals surface area contributed by atoms with Gasteiger partial charge in [-0.05, 0) is 25.0 Å². The first-order valence-corrected chi connectivity index (χ1v) is 5.54. The first-order chi connectivity index (χ1) is 8.29. The zero-order chi connectivity index (χ0) is 12.1. The van der Waals surface area contributed by atoms with Gasteiger partial charge in [0.25, 0.3) is 0 Å². The Balaban J connectivity index is 1.91. The van der Waals surface area contributed by atoms with Crippen molar-refractivity contribution in [3.63, 3.8) is 0 Å². The molecule has 0 saturated carbocycles. The average molecular weight is 238 g/mol. The topological polar surface area (TPSA) is 51.5 Å². The molecule has 2 heterocycles. The molecule has 0 radical (unpaired) electrons. The Labute approximate surface area is 98.6 Å². The summed E-state index contributed by atoms with van der Waals surface area (Å²) in [6, 6.07) is 2.96. The van der Waals surface area contributed by atoms with E-state index in [1.807, 2.05) is 0 Å². The van der Waals surface area contributed by atoms with E-state index >= 15 is 0 Å². The van der Waals surface area contributed by atoms with E-state index in [9.17, 15) is 4.39 Å². The Hall–Kier alpha value is -1.69. The van der Waals surface area contributed by atoms with Crippen LogP contribution in [-0.4, -0.2) is 34.9 Å². The van der Waals surface area contributed by atoms with Crippen molar-refractivity contribution in [3.05, 3.63) is 24.1 Å². The molecule has 0 unspecified atom stereocenters. The Morgan fingerprint density at radius 3 is 3.12 bits per heavy atom. The summed E-state index contributed by atoms with van der Waals surface area (Å²) in [6.45, 7) is 1.54. The van der Waals surface area contributed by atoms with Gasteiger partial charge in [0.15, 0.2) is 5.65 Å². The molecular formula is C11H15FN4O. The van der Waals surface area contributed by atoms with Crippen LogP contribution in [0.4, 0.5) is 10.3 Å². The molecule has 0 bridgehead atoms. The van der Waals surface area contributed by atoms with Gasteiger partial charge in [0.1, 0.15) is 5.82 Å². The number of methoxy groups -OCH3 is 1. The first kappa shape index (κ1) is 11.8. The highest BCUT2D eigenvalue weighted by molar-refractivity contribution is 5.42. The van der Waals surface area contributed by atoms with Crippen molar-refractivity contribution < 1.29 is 9.13 Å². The zero-order valence-electron chi connectivity index (χ0n) is 9.69. The van der Waals surface area contributed by atoms with Crippen LogP contribution in [-0.2, 0) is 4.74 Å². The minimum atomic E-state index is -0.325. The smallest absolute Gasteiger partial charge is 0.243 e. The molecule has 0 atom stereocenters. The van der Waals surface area contributed by atoms with Crippen LogP contribution in [0.5, 0.6) is 0 Å². The molecule has 0 aliphatic carbocycles. The molecule has 0 saturated heterocycles. The third-order valence-electron chi connectivity index (χ3n) is 2.35. The lowest BCUT2D eigenvalue weighted by Gasteiger charge is -2.00. The predicted molar refractivity (Wildman–Crippen MR) is 62.5 cm³/mol. The van der Waals surface area contributed by atoms with E-state index in [2.05, 4.69) is 15.4 Å². The molecule has 6 heteroatoms. The predicted octanol–water partition coefficient (Wildman–Crippen LogP) is 1.71. The molecule has 0 aliphatic heterocycles. The molecule has 2 aromatic heterocycles. The van der Waals surface area contributed by atoms with Gasteiger partial charge in [-0.25, -0.2) is 8.91 Å². The van der Waals surface area contributed by atoms with Crippen molar-refractivity contribution in [3.8, 4) is 0 Å². The van der Waals surface area contributed by atoms with Gasteiger partial charge < -0.3 is 10.1 Å². The average Bonchev–Trinajstić information content (AvgIpc) is 2.70. The number of ether oxygens (including phenoxy) is 1. The fourth-order valence-electron chi connectivity index (χ4n) is 1.50. The van der Waals surface area contributed by atoms with E-state index in [0.29, 0.717) is 11.6 Å². The Morgan fingerprint density at radius 1 is 1.41 bits per heavy atom.